The molecule has 25 heavy (non-hydrogen) atoms. The van der Waals surface area contributed by atoms with Crippen LogP contribution in [0, 0.1) is 5.41 Å². The predicted molar refractivity (Wildman–Crippen MR) is 97.4 cm³/mol. The summed E-state index contributed by atoms with van der Waals surface area (Å²) < 4.78 is 1.40. The second kappa shape index (κ2) is 6.82. The highest BCUT2D eigenvalue weighted by Crippen LogP contribution is 2.48. The van der Waals surface area contributed by atoms with Crippen molar-refractivity contribution in [2.45, 2.75) is 46.2 Å². The summed E-state index contributed by atoms with van der Waals surface area (Å²) >= 11 is 0. The first kappa shape index (κ1) is 17.4. The van der Waals surface area contributed by atoms with Gasteiger partial charge in [0.25, 0.3) is 11.5 Å². The van der Waals surface area contributed by atoms with Crippen LogP contribution in [0.4, 0.5) is 0 Å². The van der Waals surface area contributed by atoms with Crippen LogP contribution in [0.2, 0.25) is 0 Å². The largest absolute Gasteiger partial charge is 0.329 e. The molecule has 1 amide bonds. The van der Waals surface area contributed by atoms with Gasteiger partial charge in [0.1, 0.15) is 5.69 Å². The molecular weight excluding hydrogens is 314 g/mol. The fourth-order valence-electron chi connectivity index (χ4n) is 3.56. The molecule has 1 saturated heterocycles. The lowest BCUT2D eigenvalue weighted by Crippen LogP contribution is -2.58. The number of benzene rings is 1. The van der Waals surface area contributed by atoms with Crippen LogP contribution in [0.25, 0.3) is 0 Å². The minimum atomic E-state index is -0.159. The van der Waals surface area contributed by atoms with Crippen molar-refractivity contribution in [3.63, 3.8) is 0 Å². The topological polar surface area (TPSA) is 55.2 Å². The van der Waals surface area contributed by atoms with Gasteiger partial charge in [-0.1, -0.05) is 57.5 Å². The van der Waals surface area contributed by atoms with E-state index in [-0.39, 0.29) is 22.9 Å². The van der Waals surface area contributed by atoms with Gasteiger partial charge >= 0.3 is 0 Å². The Morgan fingerprint density at radius 3 is 2.56 bits per heavy atom. The second-order valence-corrected chi connectivity index (χ2v) is 7.37. The molecule has 0 N–H and O–H groups in total. The summed E-state index contributed by atoms with van der Waals surface area (Å²) in [4.78, 5) is 26.8. The number of carbonyl (C=O) groups excluding carboxylic acids is 1. The highest BCUT2D eigenvalue weighted by molar-refractivity contribution is 5.93. The van der Waals surface area contributed by atoms with E-state index in [0.29, 0.717) is 18.8 Å². The highest BCUT2D eigenvalue weighted by atomic mass is 16.2. The molecule has 3 rings (SSSR count). The molecule has 0 bridgehead atoms. The second-order valence-electron chi connectivity index (χ2n) is 7.37. The zero-order valence-corrected chi connectivity index (χ0v) is 15.1. The molecule has 1 aliphatic heterocycles. The summed E-state index contributed by atoms with van der Waals surface area (Å²) in [5.74, 6) is -0.113. The average Bonchev–Trinajstić information content (AvgIpc) is 2.59. The molecule has 5 heteroatoms. The summed E-state index contributed by atoms with van der Waals surface area (Å²) in [7, 11) is 0. The molecule has 0 saturated carbocycles. The van der Waals surface area contributed by atoms with Gasteiger partial charge in [0.15, 0.2) is 0 Å². The van der Waals surface area contributed by atoms with Gasteiger partial charge in [-0.2, -0.15) is 5.10 Å². The molecule has 5 nitrogen and oxygen atoms in total. The Balaban J connectivity index is 1.87. The zero-order chi connectivity index (χ0) is 18.0. The van der Waals surface area contributed by atoms with E-state index in [1.165, 1.54) is 10.7 Å². The van der Waals surface area contributed by atoms with Gasteiger partial charge in [0, 0.05) is 24.6 Å². The number of amides is 1. The molecule has 1 aromatic heterocycles. The van der Waals surface area contributed by atoms with Crippen LogP contribution in [-0.2, 0) is 6.54 Å². The summed E-state index contributed by atoms with van der Waals surface area (Å²) in [6.07, 6.45) is 1.84. The monoisotopic (exact) mass is 339 g/mol. The third kappa shape index (κ3) is 3.36. The molecule has 1 aromatic carbocycles. The minimum absolute atomic E-state index is 0.0215. The summed E-state index contributed by atoms with van der Waals surface area (Å²) in [5.41, 5.74) is 1.33. The van der Waals surface area contributed by atoms with Crippen molar-refractivity contribution in [3.05, 3.63) is 64.1 Å². The first-order valence-corrected chi connectivity index (χ1v) is 8.88. The van der Waals surface area contributed by atoms with Crippen molar-refractivity contribution in [2.75, 3.05) is 6.54 Å². The van der Waals surface area contributed by atoms with Gasteiger partial charge in [0.05, 0.1) is 6.04 Å². The Morgan fingerprint density at radius 1 is 1.20 bits per heavy atom. The van der Waals surface area contributed by atoms with Crippen LogP contribution in [0.3, 0.4) is 0 Å². The smallest absolute Gasteiger partial charge is 0.274 e. The number of hydrogen-bond acceptors (Lipinski definition) is 3. The van der Waals surface area contributed by atoms with Crippen molar-refractivity contribution in [1.82, 2.24) is 14.7 Å². The maximum Gasteiger partial charge on any atom is 0.274 e. The third-order valence-electron chi connectivity index (χ3n) is 4.82. The van der Waals surface area contributed by atoms with E-state index in [1.54, 1.807) is 6.07 Å². The van der Waals surface area contributed by atoms with Crippen LogP contribution >= 0.6 is 0 Å². The first-order chi connectivity index (χ1) is 11.9. The Labute approximate surface area is 148 Å². The van der Waals surface area contributed by atoms with E-state index in [0.717, 1.165) is 18.4 Å². The number of aromatic nitrogens is 2. The lowest BCUT2D eigenvalue weighted by molar-refractivity contribution is -0.0328. The SMILES string of the molecule is CCCCn1nc(C(=O)N2CC(C)(C)C2c2ccccc2)ccc1=O. The van der Waals surface area contributed by atoms with Gasteiger partial charge in [-0.15, -0.1) is 0 Å². The maximum absolute atomic E-state index is 13.0. The Kier molecular flexibility index (Phi) is 4.75. The Bertz CT molecular complexity index is 811. The normalized spacial score (nSPS) is 18.7. The number of carbonyl (C=O) groups is 1. The molecule has 1 fully saturated rings. The van der Waals surface area contributed by atoms with Crippen LogP contribution in [0.5, 0.6) is 0 Å². The van der Waals surface area contributed by atoms with Crippen molar-refractivity contribution >= 4 is 5.91 Å². The van der Waals surface area contributed by atoms with Crippen molar-refractivity contribution in [2.24, 2.45) is 5.41 Å². The number of likely N-dealkylation sites (tertiary alicyclic amines) is 1. The Hall–Kier alpha value is -2.43. The zero-order valence-electron chi connectivity index (χ0n) is 15.1. The van der Waals surface area contributed by atoms with E-state index >= 15 is 0 Å². The number of aryl methyl sites for hydroxylation is 1. The van der Waals surface area contributed by atoms with E-state index in [9.17, 15) is 9.59 Å². The molecule has 1 atom stereocenters. The molecule has 0 spiro atoms. The lowest BCUT2D eigenvalue weighted by atomic mass is 9.71. The van der Waals surface area contributed by atoms with E-state index in [4.69, 9.17) is 0 Å². The molecule has 132 valence electrons. The maximum atomic E-state index is 13.0. The third-order valence-corrected chi connectivity index (χ3v) is 4.82. The van der Waals surface area contributed by atoms with Crippen LogP contribution < -0.4 is 5.56 Å². The van der Waals surface area contributed by atoms with Crippen LogP contribution in [0.1, 0.15) is 55.7 Å². The standard InChI is InChI=1S/C20H25N3O2/c1-4-5-13-23-17(24)12-11-16(21-23)19(25)22-14-20(2,3)18(22)15-9-7-6-8-10-15/h6-12,18H,4-5,13-14H2,1-3H3. The molecule has 0 aliphatic carbocycles. The first-order valence-electron chi connectivity index (χ1n) is 8.88. The van der Waals surface area contributed by atoms with E-state index < -0.39 is 0 Å². The summed E-state index contributed by atoms with van der Waals surface area (Å²) in [5, 5.41) is 4.30. The average molecular weight is 339 g/mol. The fourth-order valence-corrected chi connectivity index (χ4v) is 3.56. The Morgan fingerprint density at radius 2 is 1.92 bits per heavy atom. The van der Waals surface area contributed by atoms with Gasteiger partial charge in [-0.05, 0) is 18.1 Å². The number of nitrogens with zero attached hydrogens (tertiary/aromatic N) is 3. The molecule has 1 unspecified atom stereocenters. The van der Waals surface area contributed by atoms with Gasteiger partial charge < -0.3 is 4.90 Å². The fraction of sp³-hybridized carbons (Fsp3) is 0.450. The quantitative estimate of drug-likeness (QED) is 0.840. The van der Waals surface area contributed by atoms with E-state index in [1.807, 2.05) is 23.1 Å². The number of unbranched alkanes of at least 4 members (excludes halogenated alkanes) is 1. The molecule has 0 radical (unpaired) electrons. The van der Waals surface area contributed by atoms with Gasteiger partial charge in [0.2, 0.25) is 0 Å². The molecule has 2 aromatic rings. The van der Waals surface area contributed by atoms with Crippen molar-refractivity contribution < 1.29 is 4.79 Å². The summed E-state index contributed by atoms with van der Waals surface area (Å²) in [6, 6.07) is 13.1. The van der Waals surface area contributed by atoms with E-state index in [2.05, 4.69) is 38.0 Å². The molecular formula is C20H25N3O2. The molecule has 1 aliphatic rings. The van der Waals surface area contributed by atoms with Crippen LogP contribution in [-0.4, -0.2) is 27.1 Å². The van der Waals surface area contributed by atoms with Gasteiger partial charge in [-0.3, -0.25) is 9.59 Å². The lowest BCUT2D eigenvalue weighted by Gasteiger charge is -2.54. The predicted octanol–water partition coefficient (Wildman–Crippen LogP) is 3.27. The van der Waals surface area contributed by atoms with Crippen LogP contribution in [0.15, 0.2) is 47.3 Å². The minimum Gasteiger partial charge on any atom is -0.329 e. The van der Waals surface area contributed by atoms with Crippen molar-refractivity contribution in [3.8, 4) is 0 Å². The number of rotatable bonds is 5. The van der Waals surface area contributed by atoms with Crippen molar-refractivity contribution in [1.29, 1.82) is 0 Å². The summed E-state index contributed by atoms with van der Waals surface area (Å²) in [6.45, 7) is 7.63. The van der Waals surface area contributed by atoms with Gasteiger partial charge in [-0.25, -0.2) is 4.68 Å². The number of hydrogen-bond donors (Lipinski definition) is 0. The molecule has 2 heterocycles. The highest BCUT2D eigenvalue weighted by Gasteiger charge is 2.49.